The Balaban J connectivity index is 1.60. The average molecular weight is 260 g/mol. The fourth-order valence-corrected chi connectivity index (χ4v) is 3.12. The molecule has 1 aromatic heterocycles. The van der Waals surface area contributed by atoms with Crippen LogP contribution in [0.25, 0.3) is 0 Å². The van der Waals surface area contributed by atoms with Crippen LogP contribution in [0.15, 0.2) is 35.5 Å². The van der Waals surface area contributed by atoms with E-state index in [2.05, 4.69) is 44.6 Å². The number of aromatic nitrogens is 3. The summed E-state index contributed by atoms with van der Waals surface area (Å²) in [5.41, 5.74) is 2.89. The number of aromatic amines is 1. The zero-order chi connectivity index (χ0) is 12.2. The van der Waals surface area contributed by atoms with E-state index in [0.29, 0.717) is 0 Å². The molecule has 0 bridgehead atoms. The molecular weight excluding hydrogens is 244 g/mol. The minimum atomic E-state index is 0.972. The van der Waals surface area contributed by atoms with Crippen molar-refractivity contribution in [2.24, 2.45) is 0 Å². The Bertz CT molecular complexity index is 497. The zero-order valence-electron chi connectivity index (χ0n) is 10.2. The SMILES string of the molecule is c1ccc2c(c1)CCCN2CCSc1cn[nH]n1. The molecule has 0 fully saturated rings. The number of nitrogens with zero attached hydrogens (tertiary/aromatic N) is 3. The number of anilines is 1. The van der Waals surface area contributed by atoms with Crippen molar-refractivity contribution < 1.29 is 0 Å². The molecule has 0 spiro atoms. The number of H-pyrrole nitrogens is 1. The number of fused-ring (bicyclic) bond motifs is 1. The van der Waals surface area contributed by atoms with Crippen molar-refractivity contribution in [1.29, 1.82) is 0 Å². The predicted molar refractivity (Wildman–Crippen MR) is 74.1 cm³/mol. The summed E-state index contributed by atoms with van der Waals surface area (Å²) in [6, 6.07) is 8.73. The molecule has 3 rings (SSSR count). The number of rotatable bonds is 4. The highest BCUT2D eigenvalue weighted by molar-refractivity contribution is 7.99. The van der Waals surface area contributed by atoms with E-state index < -0.39 is 0 Å². The van der Waals surface area contributed by atoms with Gasteiger partial charge in [-0.2, -0.15) is 10.3 Å². The standard InChI is InChI=1S/C13H16N4S/c1-2-6-12-11(4-1)5-3-7-17(12)8-9-18-13-10-14-16-15-13/h1-2,4,6,10H,3,5,7-9H2,(H,14,15,16). The second-order valence-corrected chi connectivity index (χ2v) is 5.49. The number of hydrogen-bond acceptors (Lipinski definition) is 4. The number of para-hydroxylation sites is 1. The molecule has 0 atom stereocenters. The summed E-state index contributed by atoms with van der Waals surface area (Å²) < 4.78 is 0. The van der Waals surface area contributed by atoms with Gasteiger partial charge in [0.15, 0.2) is 0 Å². The topological polar surface area (TPSA) is 44.8 Å². The van der Waals surface area contributed by atoms with Gasteiger partial charge in [0.25, 0.3) is 0 Å². The summed E-state index contributed by atoms with van der Waals surface area (Å²) in [7, 11) is 0. The van der Waals surface area contributed by atoms with E-state index in [1.54, 1.807) is 18.0 Å². The quantitative estimate of drug-likeness (QED) is 0.857. The van der Waals surface area contributed by atoms with Crippen LogP contribution in [0.1, 0.15) is 12.0 Å². The zero-order valence-corrected chi connectivity index (χ0v) is 11.0. The molecule has 2 aromatic rings. The van der Waals surface area contributed by atoms with Crippen LogP contribution in [0, 0.1) is 0 Å². The van der Waals surface area contributed by atoms with Gasteiger partial charge in [0.05, 0.1) is 6.20 Å². The van der Waals surface area contributed by atoms with Crippen molar-refractivity contribution in [3.8, 4) is 0 Å². The molecular formula is C13H16N4S. The largest absolute Gasteiger partial charge is 0.370 e. The van der Waals surface area contributed by atoms with Gasteiger partial charge >= 0.3 is 0 Å². The van der Waals surface area contributed by atoms with E-state index in [1.807, 2.05) is 0 Å². The maximum atomic E-state index is 4.05. The second-order valence-electron chi connectivity index (χ2n) is 4.38. The molecule has 2 heterocycles. The van der Waals surface area contributed by atoms with Crippen molar-refractivity contribution in [3.63, 3.8) is 0 Å². The summed E-state index contributed by atoms with van der Waals surface area (Å²) in [6.45, 7) is 2.23. The van der Waals surface area contributed by atoms with Crippen molar-refractivity contribution >= 4 is 17.4 Å². The van der Waals surface area contributed by atoms with Gasteiger partial charge < -0.3 is 4.90 Å². The first-order chi connectivity index (χ1) is 8.93. The van der Waals surface area contributed by atoms with E-state index >= 15 is 0 Å². The Labute approximate surface area is 111 Å². The summed E-state index contributed by atoms with van der Waals surface area (Å²) in [4.78, 5) is 2.48. The highest BCUT2D eigenvalue weighted by Gasteiger charge is 2.15. The minimum absolute atomic E-state index is 0.972. The van der Waals surface area contributed by atoms with Crippen LogP contribution in [0.3, 0.4) is 0 Å². The van der Waals surface area contributed by atoms with Gasteiger partial charge in [0.2, 0.25) is 0 Å². The summed E-state index contributed by atoms with van der Waals surface area (Å²) in [5.74, 6) is 1.04. The Kier molecular flexibility index (Phi) is 3.50. The summed E-state index contributed by atoms with van der Waals surface area (Å²) >= 11 is 1.75. The fourth-order valence-electron chi connectivity index (χ4n) is 2.36. The average Bonchev–Trinajstić information content (AvgIpc) is 2.92. The lowest BCUT2D eigenvalue weighted by molar-refractivity contribution is 0.710. The normalized spacial score (nSPS) is 14.6. The number of benzene rings is 1. The molecule has 4 nitrogen and oxygen atoms in total. The molecule has 0 amide bonds. The molecule has 5 heteroatoms. The monoisotopic (exact) mass is 260 g/mol. The molecule has 18 heavy (non-hydrogen) atoms. The maximum absolute atomic E-state index is 4.05. The number of hydrogen-bond donors (Lipinski definition) is 1. The highest BCUT2D eigenvalue weighted by atomic mass is 32.2. The van der Waals surface area contributed by atoms with Gasteiger partial charge in [-0.1, -0.05) is 18.2 Å². The van der Waals surface area contributed by atoms with Gasteiger partial charge in [0.1, 0.15) is 5.03 Å². The van der Waals surface area contributed by atoms with Crippen LogP contribution in [0.4, 0.5) is 5.69 Å². The molecule has 0 aliphatic carbocycles. The summed E-state index contributed by atoms with van der Waals surface area (Å²) in [5, 5.41) is 11.5. The van der Waals surface area contributed by atoms with Crippen molar-refractivity contribution in [2.75, 3.05) is 23.7 Å². The Morgan fingerprint density at radius 1 is 1.33 bits per heavy atom. The fraction of sp³-hybridized carbons (Fsp3) is 0.385. The predicted octanol–water partition coefficient (Wildman–Crippen LogP) is 2.35. The third kappa shape index (κ3) is 2.51. The minimum Gasteiger partial charge on any atom is -0.370 e. The molecule has 0 saturated heterocycles. The van der Waals surface area contributed by atoms with E-state index in [4.69, 9.17) is 0 Å². The van der Waals surface area contributed by atoms with E-state index in [1.165, 1.54) is 24.1 Å². The number of nitrogens with one attached hydrogen (secondary N) is 1. The van der Waals surface area contributed by atoms with Crippen LogP contribution in [-0.2, 0) is 6.42 Å². The number of thioether (sulfide) groups is 1. The molecule has 1 aliphatic rings. The van der Waals surface area contributed by atoms with Crippen LogP contribution < -0.4 is 4.90 Å². The van der Waals surface area contributed by atoms with Crippen molar-refractivity contribution in [2.45, 2.75) is 17.9 Å². The Hall–Kier alpha value is -1.49. The maximum Gasteiger partial charge on any atom is 0.138 e. The summed E-state index contributed by atoms with van der Waals surface area (Å²) in [6.07, 6.45) is 4.24. The van der Waals surface area contributed by atoms with E-state index in [0.717, 1.165) is 23.9 Å². The lowest BCUT2D eigenvalue weighted by Crippen LogP contribution is -2.31. The highest BCUT2D eigenvalue weighted by Crippen LogP contribution is 2.27. The Morgan fingerprint density at radius 2 is 2.28 bits per heavy atom. The van der Waals surface area contributed by atoms with Crippen LogP contribution >= 0.6 is 11.8 Å². The molecule has 94 valence electrons. The molecule has 0 unspecified atom stereocenters. The van der Waals surface area contributed by atoms with Gasteiger partial charge in [-0.25, -0.2) is 0 Å². The Morgan fingerprint density at radius 3 is 3.17 bits per heavy atom. The lowest BCUT2D eigenvalue weighted by atomic mass is 10.0. The molecule has 0 radical (unpaired) electrons. The van der Waals surface area contributed by atoms with E-state index in [-0.39, 0.29) is 0 Å². The molecule has 1 N–H and O–H groups in total. The van der Waals surface area contributed by atoms with Crippen molar-refractivity contribution in [1.82, 2.24) is 15.4 Å². The molecule has 1 aromatic carbocycles. The van der Waals surface area contributed by atoms with Crippen molar-refractivity contribution in [3.05, 3.63) is 36.0 Å². The lowest BCUT2D eigenvalue weighted by Gasteiger charge is -2.31. The van der Waals surface area contributed by atoms with Crippen LogP contribution in [0.5, 0.6) is 0 Å². The van der Waals surface area contributed by atoms with Gasteiger partial charge in [-0.15, -0.1) is 16.9 Å². The van der Waals surface area contributed by atoms with Gasteiger partial charge in [0, 0.05) is 24.5 Å². The first kappa shape index (κ1) is 11.6. The second kappa shape index (κ2) is 5.44. The first-order valence-electron chi connectivity index (χ1n) is 6.25. The molecule has 1 aliphatic heterocycles. The third-order valence-corrected chi connectivity index (χ3v) is 4.09. The van der Waals surface area contributed by atoms with Gasteiger partial charge in [-0.3, -0.25) is 0 Å². The van der Waals surface area contributed by atoms with Crippen LogP contribution in [-0.4, -0.2) is 34.3 Å². The smallest absolute Gasteiger partial charge is 0.138 e. The molecule has 0 saturated carbocycles. The third-order valence-electron chi connectivity index (χ3n) is 3.21. The van der Waals surface area contributed by atoms with Crippen LogP contribution in [0.2, 0.25) is 0 Å². The first-order valence-corrected chi connectivity index (χ1v) is 7.23. The number of aryl methyl sites for hydroxylation is 1. The van der Waals surface area contributed by atoms with Gasteiger partial charge in [-0.05, 0) is 24.5 Å². The van der Waals surface area contributed by atoms with E-state index in [9.17, 15) is 0 Å².